The number of hydrogen-bond donors (Lipinski definition) is 3. The Morgan fingerprint density at radius 2 is 2.27 bits per heavy atom. The monoisotopic (exact) mass is 159 g/mol. The lowest BCUT2D eigenvalue weighted by atomic mass is 10.0. The summed E-state index contributed by atoms with van der Waals surface area (Å²) in [4.78, 5) is 10.2. The first-order valence-corrected chi connectivity index (χ1v) is 3.81. The molecule has 0 saturated carbocycles. The number of piperidine rings is 1. The molecule has 1 aliphatic heterocycles. The molecule has 1 saturated heterocycles. The van der Waals surface area contributed by atoms with Crippen molar-refractivity contribution < 1.29 is 15.0 Å². The highest BCUT2D eigenvalue weighted by atomic mass is 16.4. The van der Waals surface area contributed by atoms with Crippen LogP contribution in [0.1, 0.15) is 19.3 Å². The topological polar surface area (TPSA) is 69.6 Å². The van der Waals surface area contributed by atoms with Crippen LogP contribution < -0.4 is 5.32 Å². The lowest BCUT2D eigenvalue weighted by molar-refractivity contribution is -0.137. The third kappa shape index (κ3) is 2.86. The average Bonchev–Trinajstić information content (AvgIpc) is 1.93. The molecule has 1 heterocycles. The van der Waals surface area contributed by atoms with Crippen molar-refractivity contribution in [2.24, 2.45) is 0 Å². The van der Waals surface area contributed by atoms with Gasteiger partial charge in [-0.2, -0.15) is 0 Å². The zero-order valence-electron chi connectivity index (χ0n) is 6.29. The molecule has 0 aromatic rings. The number of rotatable bonds is 2. The Morgan fingerprint density at radius 3 is 2.73 bits per heavy atom. The third-order valence-corrected chi connectivity index (χ3v) is 1.91. The molecular formula is C7H13NO3. The summed E-state index contributed by atoms with van der Waals surface area (Å²) in [5, 5.41) is 20.4. The first kappa shape index (κ1) is 8.49. The molecule has 0 aromatic heterocycles. The molecule has 1 aliphatic rings. The second-order valence-electron chi connectivity index (χ2n) is 2.93. The molecule has 0 radical (unpaired) electrons. The van der Waals surface area contributed by atoms with Crippen LogP contribution in [-0.2, 0) is 4.79 Å². The lowest BCUT2D eigenvalue weighted by Crippen LogP contribution is -2.42. The minimum Gasteiger partial charge on any atom is -0.481 e. The molecule has 4 nitrogen and oxygen atoms in total. The van der Waals surface area contributed by atoms with Crippen LogP contribution in [-0.4, -0.2) is 34.9 Å². The second-order valence-corrected chi connectivity index (χ2v) is 2.93. The average molecular weight is 159 g/mol. The number of carboxylic acid groups (broad SMARTS) is 1. The van der Waals surface area contributed by atoms with Crippen molar-refractivity contribution in [3.63, 3.8) is 0 Å². The Bertz CT molecular complexity index is 141. The van der Waals surface area contributed by atoms with E-state index in [9.17, 15) is 4.79 Å². The maximum absolute atomic E-state index is 10.2. The van der Waals surface area contributed by atoms with Crippen LogP contribution in [0.5, 0.6) is 0 Å². The van der Waals surface area contributed by atoms with Crippen LogP contribution in [0.2, 0.25) is 0 Å². The van der Waals surface area contributed by atoms with E-state index in [1.165, 1.54) is 0 Å². The smallest absolute Gasteiger partial charge is 0.304 e. The number of aliphatic hydroxyl groups excluding tert-OH is 1. The number of hydrogen-bond acceptors (Lipinski definition) is 3. The normalized spacial score (nSPS) is 31.7. The molecule has 3 N–H and O–H groups in total. The van der Waals surface area contributed by atoms with Crippen molar-refractivity contribution in [1.29, 1.82) is 0 Å². The summed E-state index contributed by atoms with van der Waals surface area (Å²) >= 11 is 0. The zero-order valence-corrected chi connectivity index (χ0v) is 6.29. The minimum atomic E-state index is -0.779. The predicted octanol–water partition coefficient (Wildman–Crippen LogP) is -0.426. The Labute approximate surface area is 65.2 Å². The fourth-order valence-electron chi connectivity index (χ4n) is 1.29. The van der Waals surface area contributed by atoms with Gasteiger partial charge in [-0.05, 0) is 12.8 Å². The van der Waals surface area contributed by atoms with Gasteiger partial charge in [-0.25, -0.2) is 0 Å². The quantitative estimate of drug-likeness (QED) is 0.511. The summed E-state index contributed by atoms with van der Waals surface area (Å²) in [6, 6.07) is 0.0518. The van der Waals surface area contributed by atoms with Gasteiger partial charge in [-0.15, -0.1) is 0 Å². The summed E-state index contributed by atoms with van der Waals surface area (Å²) in [5.74, 6) is -0.779. The van der Waals surface area contributed by atoms with Crippen molar-refractivity contribution in [2.75, 3.05) is 6.54 Å². The van der Waals surface area contributed by atoms with E-state index in [1.54, 1.807) is 0 Å². The molecule has 4 heteroatoms. The zero-order chi connectivity index (χ0) is 8.27. The van der Waals surface area contributed by atoms with Gasteiger partial charge in [0.15, 0.2) is 0 Å². The maximum atomic E-state index is 10.2. The molecule has 0 aromatic carbocycles. The molecule has 11 heavy (non-hydrogen) atoms. The highest BCUT2D eigenvalue weighted by molar-refractivity contribution is 5.67. The molecule has 0 unspecified atom stereocenters. The third-order valence-electron chi connectivity index (χ3n) is 1.91. The van der Waals surface area contributed by atoms with Crippen molar-refractivity contribution in [3.8, 4) is 0 Å². The Hall–Kier alpha value is -0.610. The summed E-state index contributed by atoms with van der Waals surface area (Å²) in [6.45, 7) is 0.526. The van der Waals surface area contributed by atoms with Crippen molar-refractivity contribution >= 4 is 5.97 Å². The fourth-order valence-corrected chi connectivity index (χ4v) is 1.29. The van der Waals surface area contributed by atoms with Crippen LogP contribution in [0, 0.1) is 0 Å². The van der Waals surface area contributed by atoms with E-state index in [0.29, 0.717) is 13.0 Å². The lowest BCUT2D eigenvalue weighted by Gasteiger charge is -2.25. The van der Waals surface area contributed by atoms with E-state index in [-0.39, 0.29) is 18.6 Å². The second kappa shape index (κ2) is 3.69. The number of β-amino-alcohol motifs (C(OH)–C–C–N with tert-alkyl or cyclic N) is 1. The molecule has 2 atom stereocenters. The van der Waals surface area contributed by atoms with Gasteiger partial charge in [0.05, 0.1) is 12.5 Å². The Balaban J connectivity index is 2.22. The van der Waals surface area contributed by atoms with Crippen LogP contribution in [0.4, 0.5) is 0 Å². The summed E-state index contributed by atoms with van der Waals surface area (Å²) in [7, 11) is 0. The van der Waals surface area contributed by atoms with Crippen LogP contribution in [0.3, 0.4) is 0 Å². The molecule has 0 spiro atoms. The summed E-state index contributed by atoms with van der Waals surface area (Å²) in [5.41, 5.74) is 0. The van der Waals surface area contributed by atoms with E-state index in [0.717, 1.165) is 6.42 Å². The first-order valence-electron chi connectivity index (χ1n) is 3.81. The summed E-state index contributed by atoms with van der Waals surface area (Å²) < 4.78 is 0. The summed E-state index contributed by atoms with van der Waals surface area (Å²) in [6.07, 6.45) is 1.34. The van der Waals surface area contributed by atoms with Crippen LogP contribution >= 0.6 is 0 Å². The van der Waals surface area contributed by atoms with E-state index in [4.69, 9.17) is 10.2 Å². The van der Waals surface area contributed by atoms with Gasteiger partial charge in [0, 0.05) is 12.6 Å². The van der Waals surface area contributed by atoms with Gasteiger partial charge in [0.2, 0.25) is 0 Å². The molecule has 1 rings (SSSR count). The first-order chi connectivity index (χ1) is 5.18. The SMILES string of the molecule is O=C(O)C[C@H]1CC[C@@H](O)CN1. The molecular weight excluding hydrogens is 146 g/mol. The molecule has 64 valence electrons. The van der Waals surface area contributed by atoms with Crippen molar-refractivity contribution in [3.05, 3.63) is 0 Å². The van der Waals surface area contributed by atoms with E-state index < -0.39 is 5.97 Å². The van der Waals surface area contributed by atoms with Crippen LogP contribution in [0.25, 0.3) is 0 Å². The van der Waals surface area contributed by atoms with Gasteiger partial charge < -0.3 is 15.5 Å². The number of carbonyl (C=O) groups is 1. The maximum Gasteiger partial charge on any atom is 0.304 e. The molecule has 0 amide bonds. The van der Waals surface area contributed by atoms with Gasteiger partial charge in [-0.3, -0.25) is 4.79 Å². The number of aliphatic hydroxyl groups is 1. The van der Waals surface area contributed by atoms with Gasteiger partial charge in [0.1, 0.15) is 0 Å². The van der Waals surface area contributed by atoms with Gasteiger partial charge >= 0.3 is 5.97 Å². The van der Waals surface area contributed by atoms with E-state index in [2.05, 4.69) is 5.32 Å². The highest BCUT2D eigenvalue weighted by Gasteiger charge is 2.20. The predicted molar refractivity (Wildman–Crippen MR) is 39.3 cm³/mol. The molecule has 0 bridgehead atoms. The van der Waals surface area contributed by atoms with E-state index >= 15 is 0 Å². The van der Waals surface area contributed by atoms with Crippen molar-refractivity contribution in [1.82, 2.24) is 5.32 Å². The molecule has 0 aliphatic carbocycles. The van der Waals surface area contributed by atoms with Crippen LogP contribution in [0.15, 0.2) is 0 Å². The number of nitrogens with one attached hydrogen (secondary N) is 1. The fraction of sp³-hybridized carbons (Fsp3) is 0.857. The Kier molecular flexibility index (Phi) is 2.84. The minimum absolute atomic E-state index is 0.0518. The van der Waals surface area contributed by atoms with Gasteiger partial charge in [-0.1, -0.05) is 0 Å². The number of aliphatic carboxylic acids is 1. The number of carboxylic acids is 1. The highest BCUT2D eigenvalue weighted by Crippen LogP contribution is 2.10. The molecule has 1 fully saturated rings. The van der Waals surface area contributed by atoms with E-state index in [1.807, 2.05) is 0 Å². The standard InChI is InChI=1S/C7H13NO3/c9-6-2-1-5(8-4-6)3-7(10)11/h5-6,8-9H,1-4H2,(H,10,11)/t5-,6-/m1/s1. The largest absolute Gasteiger partial charge is 0.481 e. The Morgan fingerprint density at radius 1 is 1.55 bits per heavy atom. The van der Waals surface area contributed by atoms with Crippen molar-refractivity contribution in [2.45, 2.75) is 31.4 Å². The van der Waals surface area contributed by atoms with Gasteiger partial charge in [0.25, 0.3) is 0 Å².